The fourth-order valence-electron chi connectivity index (χ4n) is 2.00. The molecule has 0 aliphatic heterocycles. The summed E-state index contributed by atoms with van der Waals surface area (Å²) in [5, 5.41) is 3.45. The molecule has 0 fully saturated rings. The molecule has 0 saturated carbocycles. The molecule has 20 heavy (non-hydrogen) atoms. The van der Waals surface area contributed by atoms with Gasteiger partial charge in [-0.1, -0.05) is 12.1 Å². The molecule has 4 heteroatoms. The van der Waals surface area contributed by atoms with Crippen molar-refractivity contribution in [2.45, 2.75) is 19.5 Å². The van der Waals surface area contributed by atoms with Crippen molar-refractivity contribution in [3.8, 4) is 11.5 Å². The number of hydrogen-bond acceptors (Lipinski definition) is 4. The van der Waals surface area contributed by atoms with Crippen molar-refractivity contribution in [2.75, 3.05) is 14.2 Å². The highest BCUT2D eigenvalue weighted by atomic mass is 16.5. The quantitative estimate of drug-likeness (QED) is 0.878. The highest BCUT2D eigenvalue weighted by Gasteiger charge is 2.08. The van der Waals surface area contributed by atoms with Crippen molar-refractivity contribution in [1.29, 1.82) is 0 Å². The molecule has 2 aromatic rings. The van der Waals surface area contributed by atoms with Crippen molar-refractivity contribution in [2.24, 2.45) is 0 Å². The van der Waals surface area contributed by atoms with E-state index in [0.29, 0.717) is 0 Å². The van der Waals surface area contributed by atoms with E-state index in [1.807, 2.05) is 42.6 Å². The van der Waals surface area contributed by atoms with Crippen molar-refractivity contribution in [3.05, 3.63) is 53.9 Å². The van der Waals surface area contributed by atoms with E-state index >= 15 is 0 Å². The normalized spacial score (nSPS) is 11.9. The minimum Gasteiger partial charge on any atom is -0.493 e. The molecule has 0 amide bonds. The van der Waals surface area contributed by atoms with Gasteiger partial charge in [0, 0.05) is 18.8 Å². The topological polar surface area (TPSA) is 43.4 Å². The van der Waals surface area contributed by atoms with E-state index < -0.39 is 0 Å². The maximum absolute atomic E-state index is 5.30. The van der Waals surface area contributed by atoms with Gasteiger partial charge in [-0.2, -0.15) is 0 Å². The van der Waals surface area contributed by atoms with Crippen LogP contribution in [0.4, 0.5) is 0 Å². The summed E-state index contributed by atoms with van der Waals surface area (Å²) in [6.07, 6.45) is 1.81. The first-order valence-electron chi connectivity index (χ1n) is 6.60. The molecule has 1 aromatic heterocycles. The van der Waals surface area contributed by atoms with Crippen molar-refractivity contribution in [3.63, 3.8) is 0 Å². The third kappa shape index (κ3) is 3.48. The Morgan fingerprint density at radius 2 is 1.90 bits per heavy atom. The summed E-state index contributed by atoms with van der Waals surface area (Å²) in [6, 6.07) is 12.1. The molecule has 0 radical (unpaired) electrons. The molecule has 1 heterocycles. The molecule has 0 bridgehead atoms. The van der Waals surface area contributed by atoms with Crippen LogP contribution >= 0.6 is 0 Å². The van der Waals surface area contributed by atoms with E-state index in [2.05, 4.69) is 17.2 Å². The lowest BCUT2D eigenvalue weighted by Crippen LogP contribution is -2.19. The Morgan fingerprint density at radius 3 is 2.55 bits per heavy atom. The first-order chi connectivity index (χ1) is 9.74. The molecule has 2 rings (SSSR count). The summed E-state index contributed by atoms with van der Waals surface area (Å²) >= 11 is 0. The van der Waals surface area contributed by atoms with Crippen LogP contribution in [0.1, 0.15) is 24.2 Å². The molecular weight excluding hydrogens is 252 g/mol. The van der Waals surface area contributed by atoms with Gasteiger partial charge in [0.2, 0.25) is 0 Å². The molecule has 1 aromatic carbocycles. The monoisotopic (exact) mass is 272 g/mol. The number of pyridine rings is 1. The second-order valence-corrected chi connectivity index (χ2v) is 4.55. The van der Waals surface area contributed by atoms with Crippen LogP contribution in [0.2, 0.25) is 0 Å². The Morgan fingerprint density at radius 1 is 1.10 bits per heavy atom. The summed E-state index contributed by atoms with van der Waals surface area (Å²) < 4.78 is 10.5. The number of aromatic nitrogens is 1. The van der Waals surface area contributed by atoms with Crippen LogP contribution < -0.4 is 14.8 Å². The Kier molecular flexibility index (Phi) is 4.96. The first-order valence-corrected chi connectivity index (χ1v) is 6.60. The van der Waals surface area contributed by atoms with Crippen LogP contribution in [-0.4, -0.2) is 19.2 Å². The standard InChI is InChI=1S/C16H20N2O2/c1-12(14-6-4-5-9-17-14)18-11-13-7-8-15(19-2)16(10-13)20-3/h4-10,12,18H,11H2,1-3H3/t12-/m0/s1. The zero-order chi connectivity index (χ0) is 14.4. The van der Waals surface area contributed by atoms with E-state index in [1.165, 1.54) is 0 Å². The van der Waals surface area contributed by atoms with E-state index in [0.717, 1.165) is 29.3 Å². The predicted octanol–water partition coefficient (Wildman–Crippen LogP) is 2.95. The van der Waals surface area contributed by atoms with Crippen molar-refractivity contribution < 1.29 is 9.47 Å². The fraction of sp³-hybridized carbons (Fsp3) is 0.312. The first kappa shape index (κ1) is 14.3. The largest absolute Gasteiger partial charge is 0.493 e. The predicted molar refractivity (Wildman–Crippen MR) is 79.0 cm³/mol. The Balaban J connectivity index is 2.00. The minimum atomic E-state index is 0.198. The highest BCUT2D eigenvalue weighted by molar-refractivity contribution is 5.42. The Labute approximate surface area is 119 Å². The molecule has 0 saturated heterocycles. The molecule has 1 atom stereocenters. The maximum atomic E-state index is 5.30. The molecular formula is C16H20N2O2. The summed E-state index contributed by atoms with van der Waals surface area (Å²) in [5.74, 6) is 1.49. The molecule has 0 unspecified atom stereocenters. The van der Waals surface area contributed by atoms with Crippen LogP contribution in [0.3, 0.4) is 0 Å². The number of nitrogens with zero attached hydrogens (tertiary/aromatic N) is 1. The second-order valence-electron chi connectivity index (χ2n) is 4.55. The number of nitrogens with one attached hydrogen (secondary N) is 1. The zero-order valence-corrected chi connectivity index (χ0v) is 12.1. The number of benzene rings is 1. The van der Waals surface area contributed by atoms with E-state index in [1.54, 1.807) is 14.2 Å². The lowest BCUT2D eigenvalue weighted by molar-refractivity contribution is 0.354. The fourth-order valence-corrected chi connectivity index (χ4v) is 2.00. The van der Waals surface area contributed by atoms with Gasteiger partial charge in [0.1, 0.15) is 0 Å². The number of methoxy groups -OCH3 is 2. The van der Waals surface area contributed by atoms with Gasteiger partial charge in [0.05, 0.1) is 19.9 Å². The SMILES string of the molecule is COc1ccc(CN[C@@H](C)c2ccccn2)cc1OC. The van der Waals surface area contributed by atoms with E-state index in [4.69, 9.17) is 9.47 Å². The minimum absolute atomic E-state index is 0.198. The van der Waals surface area contributed by atoms with Crippen LogP contribution in [0, 0.1) is 0 Å². The maximum Gasteiger partial charge on any atom is 0.161 e. The smallest absolute Gasteiger partial charge is 0.161 e. The van der Waals surface area contributed by atoms with Crippen molar-refractivity contribution in [1.82, 2.24) is 10.3 Å². The lowest BCUT2D eigenvalue weighted by Gasteiger charge is -2.14. The van der Waals surface area contributed by atoms with Gasteiger partial charge >= 0.3 is 0 Å². The van der Waals surface area contributed by atoms with Crippen molar-refractivity contribution >= 4 is 0 Å². The number of hydrogen-bond donors (Lipinski definition) is 1. The third-order valence-electron chi connectivity index (χ3n) is 3.19. The summed E-state index contributed by atoms with van der Waals surface area (Å²) in [6.45, 7) is 2.85. The Hall–Kier alpha value is -2.07. The number of ether oxygens (including phenoxy) is 2. The third-order valence-corrected chi connectivity index (χ3v) is 3.19. The van der Waals surface area contributed by atoms with Gasteiger partial charge in [-0.05, 0) is 36.8 Å². The van der Waals surface area contributed by atoms with Gasteiger partial charge < -0.3 is 14.8 Å². The molecule has 106 valence electrons. The van der Waals surface area contributed by atoms with Crippen LogP contribution in [-0.2, 0) is 6.54 Å². The van der Waals surface area contributed by atoms with Gasteiger partial charge in [0.25, 0.3) is 0 Å². The zero-order valence-electron chi connectivity index (χ0n) is 12.1. The molecule has 4 nitrogen and oxygen atoms in total. The molecule has 1 N–H and O–H groups in total. The number of rotatable bonds is 6. The van der Waals surface area contributed by atoms with Crippen LogP contribution in [0.5, 0.6) is 11.5 Å². The molecule has 0 spiro atoms. The summed E-state index contributed by atoms with van der Waals surface area (Å²) in [5.41, 5.74) is 2.18. The van der Waals surface area contributed by atoms with Gasteiger partial charge in [-0.15, -0.1) is 0 Å². The average Bonchev–Trinajstić information content (AvgIpc) is 2.53. The van der Waals surface area contributed by atoms with Gasteiger partial charge in [-0.3, -0.25) is 4.98 Å². The molecule has 0 aliphatic carbocycles. The van der Waals surface area contributed by atoms with Gasteiger partial charge in [0.15, 0.2) is 11.5 Å². The van der Waals surface area contributed by atoms with Crippen LogP contribution in [0.25, 0.3) is 0 Å². The Bertz CT molecular complexity index is 543. The van der Waals surface area contributed by atoms with Gasteiger partial charge in [-0.25, -0.2) is 0 Å². The highest BCUT2D eigenvalue weighted by Crippen LogP contribution is 2.27. The lowest BCUT2D eigenvalue weighted by atomic mass is 10.1. The summed E-state index contributed by atoms with van der Waals surface area (Å²) in [7, 11) is 3.28. The second kappa shape index (κ2) is 6.91. The molecule has 0 aliphatic rings. The van der Waals surface area contributed by atoms with Crippen LogP contribution in [0.15, 0.2) is 42.6 Å². The average molecular weight is 272 g/mol. The van der Waals surface area contributed by atoms with E-state index in [-0.39, 0.29) is 6.04 Å². The van der Waals surface area contributed by atoms with E-state index in [9.17, 15) is 0 Å². The summed E-state index contributed by atoms with van der Waals surface area (Å²) in [4.78, 5) is 4.34.